The number of fused-ring (bicyclic) bond motifs is 1. The van der Waals surface area contributed by atoms with E-state index in [1.54, 1.807) is 35.1 Å². The Hall–Kier alpha value is -3.88. The number of nitrogens with two attached hydrogens (primary N) is 1. The number of aromatic nitrogens is 4. The molecule has 1 aromatic carbocycles. The minimum absolute atomic E-state index is 0.0366. The highest BCUT2D eigenvalue weighted by molar-refractivity contribution is 6.00. The molecule has 0 spiro atoms. The van der Waals surface area contributed by atoms with Gasteiger partial charge in [-0.05, 0) is 29.8 Å². The number of halogens is 2. The summed E-state index contributed by atoms with van der Waals surface area (Å²) in [6.07, 6.45) is 6.55. The average molecular weight is 380 g/mol. The minimum atomic E-state index is -0.705. The number of hydrogen-bond donors (Lipinski definition) is 2. The Morgan fingerprint density at radius 1 is 1.11 bits per heavy atom. The fourth-order valence-electron chi connectivity index (χ4n) is 2.87. The summed E-state index contributed by atoms with van der Waals surface area (Å²) in [6.45, 7) is -0.0366. The summed E-state index contributed by atoms with van der Waals surface area (Å²) in [6, 6.07) is 6.40. The van der Waals surface area contributed by atoms with E-state index in [-0.39, 0.29) is 18.1 Å². The number of nitrogen functional groups attached to an aromatic ring is 1. The van der Waals surface area contributed by atoms with Crippen LogP contribution >= 0.6 is 0 Å². The smallest absolute Gasteiger partial charge is 0.255 e. The van der Waals surface area contributed by atoms with Gasteiger partial charge in [0.1, 0.15) is 17.3 Å². The van der Waals surface area contributed by atoms with Gasteiger partial charge in [0, 0.05) is 43.0 Å². The number of amides is 1. The number of nitrogens with zero attached hydrogens (tertiary/aromatic N) is 4. The first-order chi connectivity index (χ1) is 13.5. The van der Waals surface area contributed by atoms with Crippen molar-refractivity contribution in [3.05, 3.63) is 77.9 Å². The van der Waals surface area contributed by atoms with Crippen LogP contribution in [0, 0.1) is 11.6 Å². The number of anilines is 1. The van der Waals surface area contributed by atoms with Crippen LogP contribution in [0.1, 0.15) is 15.9 Å². The number of nitrogens with one attached hydrogen (secondary N) is 1. The Morgan fingerprint density at radius 3 is 2.64 bits per heavy atom. The molecule has 0 saturated heterocycles. The molecule has 28 heavy (non-hydrogen) atoms. The number of carbonyl (C=O) groups excluding carboxylic acids is 1. The lowest BCUT2D eigenvalue weighted by Gasteiger charge is -2.10. The monoisotopic (exact) mass is 380 g/mol. The Kier molecular flexibility index (Phi) is 4.40. The molecule has 0 fully saturated rings. The molecule has 4 rings (SSSR count). The number of benzene rings is 1. The van der Waals surface area contributed by atoms with Gasteiger partial charge >= 0.3 is 0 Å². The first kappa shape index (κ1) is 17.5. The maximum absolute atomic E-state index is 13.3. The van der Waals surface area contributed by atoms with Crippen LogP contribution in [0.2, 0.25) is 0 Å². The van der Waals surface area contributed by atoms with Crippen LogP contribution in [0.4, 0.5) is 14.7 Å². The second kappa shape index (κ2) is 7.03. The molecule has 3 N–H and O–H groups in total. The van der Waals surface area contributed by atoms with E-state index in [9.17, 15) is 13.6 Å². The predicted octanol–water partition coefficient (Wildman–Crippen LogP) is 2.58. The van der Waals surface area contributed by atoms with Crippen LogP contribution in [0.3, 0.4) is 0 Å². The second-order valence-electron chi connectivity index (χ2n) is 6.06. The fourth-order valence-corrected chi connectivity index (χ4v) is 2.87. The molecule has 0 aliphatic heterocycles. The van der Waals surface area contributed by atoms with Gasteiger partial charge in [0.15, 0.2) is 0 Å². The highest BCUT2D eigenvalue weighted by Gasteiger charge is 2.15. The second-order valence-corrected chi connectivity index (χ2v) is 6.06. The first-order valence-corrected chi connectivity index (χ1v) is 8.28. The molecule has 140 valence electrons. The number of rotatable bonds is 4. The van der Waals surface area contributed by atoms with Crippen LogP contribution < -0.4 is 11.1 Å². The summed E-state index contributed by atoms with van der Waals surface area (Å²) in [5, 5.41) is 2.66. The molecule has 0 aliphatic carbocycles. The van der Waals surface area contributed by atoms with E-state index in [0.717, 1.165) is 18.2 Å². The maximum Gasteiger partial charge on any atom is 0.255 e. The summed E-state index contributed by atoms with van der Waals surface area (Å²) < 4.78 is 28.3. The normalized spacial score (nSPS) is 10.9. The predicted molar refractivity (Wildman–Crippen MR) is 98.2 cm³/mol. The van der Waals surface area contributed by atoms with Gasteiger partial charge in [0.25, 0.3) is 5.91 Å². The van der Waals surface area contributed by atoms with Crippen molar-refractivity contribution in [2.24, 2.45) is 0 Å². The zero-order valence-electron chi connectivity index (χ0n) is 14.4. The van der Waals surface area contributed by atoms with E-state index in [1.165, 1.54) is 6.20 Å². The Morgan fingerprint density at radius 2 is 1.89 bits per heavy atom. The van der Waals surface area contributed by atoms with Crippen molar-refractivity contribution in [1.82, 2.24) is 24.7 Å². The van der Waals surface area contributed by atoms with Gasteiger partial charge < -0.3 is 15.5 Å². The zero-order valence-corrected chi connectivity index (χ0v) is 14.4. The van der Waals surface area contributed by atoms with Crippen molar-refractivity contribution < 1.29 is 13.6 Å². The quantitative estimate of drug-likeness (QED) is 0.567. The van der Waals surface area contributed by atoms with E-state index < -0.39 is 17.5 Å². The van der Waals surface area contributed by atoms with Crippen molar-refractivity contribution in [3.63, 3.8) is 0 Å². The van der Waals surface area contributed by atoms with Crippen molar-refractivity contribution in [1.29, 1.82) is 0 Å². The van der Waals surface area contributed by atoms with Gasteiger partial charge in [-0.25, -0.2) is 23.7 Å². The van der Waals surface area contributed by atoms with Crippen molar-refractivity contribution in [3.8, 4) is 11.3 Å². The molecule has 0 unspecified atom stereocenters. The molecule has 9 heteroatoms. The van der Waals surface area contributed by atoms with Gasteiger partial charge in [-0.15, -0.1) is 0 Å². The zero-order chi connectivity index (χ0) is 19.7. The topological polar surface area (TPSA) is 98.2 Å². The first-order valence-electron chi connectivity index (χ1n) is 8.28. The molecule has 4 aromatic rings. The lowest BCUT2D eigenvalue weighted by Crippen LogP contribution is -2.23. The molecule has 0 atom stereocenters. The largest absolute Gasteiger partial charge is 0.368 e. The van der Waals surface area contributed by atoms with E-state index in [0.29, 0.717) is 22.5 Å². The van der Waals surface area contributed by atoms with Crippen LogP contribution in [0.15, 0.2) is 55.1 Å². The van der Waals surface area contributed by atoms with Crippen molar-refractivity contribution >= 4 is 17.5 Å². The molecule has 0 bridgehead atoms. The number of pyridine rings is 1. The molecule has 3 aromatic heterocycles. The van der Waals surface area contributed by atoms with Gasteiger partial charge in [0.05, 0.1) is 11.3 Å². The third-order valence-corrected chi connectivity index (χ3v) is 4.08. The van der Waals surface area contributed by atoms with Crippen molar-refractivity contribution in [2.45, 2.75) is 6.54 Å². The molecule has 1 amide bonds. The van der Waals surface area contributed by atoms with Crippen LogP contribution in [-0.4, -0.2) is 25.3 Å². The van der Waals surface area contributed by atoms with Crippen LogP contribution in [0.5, 0.6) is 0 Å². The Balaban J connectivity index is 1.67. The summed E-state index contributed by atoms with van der Waals surface area (Å²) in [5.41, 5.74) is 7.86. The summed E-state index contributed by atoms with van der Waals surface area (Å²) in [5.74, 6) is -1.74. The summed E-state index contributed by atoms with van der Waals surface area (Å²) in [7, 11) is 0. The number of imidazole rings is 1. The SMILES string of the molecule is Nc1nccc(-c2cc(C(=O)NCc3cc(F)cc(F)c3)c3nccn3c2)n1. The van der Waals surface area contributed by atoms with E-state index in [1.807, 2.05) is 0 Å². The number of hydrogen-bond acceptors (Lipinski definition) is 5. The van der Waals surface area contributed by atoms with Gasteiger partial charge in [-0.3, -0.25) is 4.79 Å². The molecule has 3 heterocycles. The molecule has 0 saturated carbocycles. The van der Waals surface area contributed by atoms with Crippen molar-refractivity contribution in [2.75, 3.05) is 5.73 Å². The third-order valence-electron chi connectivity index (χ3n) is 4.08. The van der Waals surface area contributed by atoms with Gasteiger partial charge in [0.2, 0.25) is 5.95 Å². The minimum Gasteiger partial charge on any atom is -0.368 e. The van der Waals surface area contributed by atoms with E-state index >= 15 is 0 Å². The van der Waals surface area contributed by atoms with Crippen LogP contribution in [0.25, 0.3) is 16.9 Å². The number of carbonyl (C=O) groups is 1. The van der Waals surface area contributed by atoms with Gasteiger partial charge in [-0.1, -0.05) is 0 Å². The highest BCUT2D eigenvalue weighted by atomic mass is 19.1. The van der Waals surface area contributed by atoms with E-state index in [4.69, 9.17) is 5.73 Å². The molecular weight excluding hydrogens is 366 g/mol. The van der Waals surface area contributed by atoms with Crippen LogP contribution in [-0.2, 0) is 6.54 Å². The summed E-state index contributed by atoms with van der Waals surface area (Å²) >= 11 is 0. The average Bonchev–Trinajstić information content (AvgIpc) is 3.13. The lowest BCUT2D eigenvalue weighted by atomic mass is 10.1. The van der Waals surface area contributed by atoms with Gasteiger partial charge in [-0.2, -0.15) is 0 Å². The van der Waals surface area contributed by atoms with E-state index in [2.05, 4.69) is 20.3 Å². The third kappa shape index (κ3) is 3.50. The molecule has 0 radical (unpaired) electrons. The molecule has 7 nitrogen and oxygen atoms in total. The molecule has 0 aliphatic rings. The Bertz CT molecular complexity index is 1170. The molecular formula is C19H14F2N6O. The highest BCUT2D eigenvalue weighted by Crippen LogP contribution is 2.21. The Labute approximate surface area is 157 Å². The fraction of sp³-hybridized carbons (Fsp3) is 0.0526. The lowest BCUT2D eigenvalue weighted by molar-refractivity contribution is 0.0952. The maximum atomic E-state index is 13.3. The summed E-state index contributed by atoms with van der Waals surface area (Å²) in [4.78, 5) is 25.0. The standard InChI is InChI=1S/C19H14F2N6O/c20-13-5-11(6-14(21)8-13)9-25-18(28)15-7-12(10-27-4-3-23-17(15)27)16-1-2-24-19(22)26-16/h1-8,10H,9H2,(H,25,28)(H2,22,24,26).